The van der Waals surface area contributed by atoms with E-state index in [1.807, 2.05) is 0 Å². The molecule has 4 heteroatoms. The molecule has 0 spiro atoms. The second-order valence-electron chi connectivity index (χ2n) is 3.58. The summed E-state index contributed by atoms with van der Waals surface area (Å²) in [5, 5.41) is 18.0. The highest BCUT2D eigenvalue weighted by Gasteiger charge is 2.41. The van der Waals surface area contributed by atoms with Crippen LogP contribution in [0, 0.1) is 0 Å². The van der Waals surface area contributed by atoms with Crippen molar-refractivity contribution in [2.24, 2.45) is 0 Å². The van der Waals surface area contributed by atoms with Crippen LogP contribution in [0.2, 0.25) is 0 Å². The van der Waals surface area contributed by atoms with Crippen molar-refractivity contribution in [3.8, 4) is 0 Å². The van der Waals surface area contributed by atoms with Crippen molar-refractivity contribution in [2.45, 2.75) is 50.9 Å². The fourth-order valence-corrected chi connectivity index (χ4v) is 1.83. The van der Waals surface area contributed by atoms with E-state index in [4.69, 9.17) is 14.9 Å². The summed E-state index contributed by atoms with van der Waals surface area (Å²) in [5.74, 6) is -0.951. The minimum atomic E-state index is -1.13. The van der Waals surface area contributed by atoms with Crippen molar-refractivity contribution < 1.29 is 19.7 Å². The van der Waals surface area contributed by atoms with Gasteiger partial charge in [-0.05, 0) is 32.6 Å². The minimum Gasteiger partial charge on any atom is -0.479 e. The topological polar surface area (TPSA) is 66.8 Å². The van der Waals surface area contributed by atoms with Gasteiger partial charge >= 0.3 is 5.97 Å². The molecule has 1 atom stereocenters. The molecule has 1 aliphatic carbocycles. The van der Waals surface area contributed by atoms with E-state index in [1.165, 1.54) is 6.92 Å². The van der Waals surface area contributed by atoms with Crippen LogP contribution >= 0.6 is 0 Å². The average molecular weight is 188 g/mol. The largest absolute Gasteiger partial charge is 0.479 e. The molecule has 0 radical (unpaired) electrons. The summed E-state index contributed by atoms with van der Waals surface area (Å²) in [6.45, 7) is 1.44. The Hall–Kier alpha value is -0.610. The predicted molar refractivity (Wildman–Crippen MR) is 46.2 cm³/mol. The van der Waals surface area contributed by atoms with Crippen LogP contribution in [-0.2, 0) is 9.53 Å². The molecule has 0 aromatic rings. The van der Waals surface area contributed by atoms with Gasteiger partial charge in [0, 0.05) is 0 Å². The molecule has 76 valence electrons. The lowest BCUT2D eigenvalue weighted by Gasteiger charge is -2.33. The number of hydrogen-bond acceptors (Lipinski definition) is 3. The Balaban J connectivity index is 2.67. The monoisotopic (exact) mass is 188 g/mol. The summed E-state index contributed by atoms with van der Waals surface area (Å²) < 4.78 is 5.10. The number of rotatable bonds is 3. The number of carbonyl (C=O) groups is 1. The van der Waals surface area contributed by atoms with Gasteiger partial charge in [-0.1, -0.05) is 6.42 Å². The van der Waals surface area contributed by atoms with E-state index in [-0.39, 0.29) is 0 Å². The van der Waals surface area contributed by atoms with Gasteiger partial charge in [-0.2, -0.15) is 0 Å². The van der Waals surface area contributed by atoms with Crippen LogP contribution in [-0.4, -0.2) is 28.1 Å². The summed E-state index contributed by atoms with van der Waals surface area (Å²) >= 11 is 0. The van der Waals surface area contributed by atoms with Gasteiger partial charge in [0.05, 0.1) is 0 Å². The van der Waals surface area contributed by atoms with Gasteiger partial charge < -0.3 is 14.9 Å². The Morgan fingerprint density at radius 1 is 1.38 bits per heavy atom. The summed E-state index contributed by atoms with van der Waals surface area (Å²) in [7, 11) is 0. The first-order valence-electron chi connectivity index (χ1n) is 4.66. The Morgan fingerprint density at radius 2 is 1.92 bits per heavy atom. The first-order chi connectivity index (χ1) is 6.07. The zero-order chi connectivity index (χ0) is 9.90. The number of ether oxygens (including phenoxy) is 1. The Bertz CT molecular complexity index is 182. The Labute approximate surface area is 77.5 Å². The van der Waals surface area contributed by atoms with E-state index in [0.29, 0.717) is 12.8 Å². The van der Waals surface area contributed by atoms with Crippen molar-refractivity contribution in [3.63, 3.8) is 0 Å². The molecular weight excluding hydrogens is 172 g/mol. The van der Waals surface area contributed by atoms with Crippen LogP contribution in [0.1, 0.15) is 39.0 Å². The van der Waals surface area contributed by atoms with Crippen molar-refractivity contribution in [3.05, 3.63) is 0 Å². The van der Waals surface area contributed by atoms with Crippen LogP contribution in [0.25, 0.3) is 0 Å². The first kappa shape index (κ1) is 10.5. The van der Waals surface area contributed by atoms with Crippen molar-refractivity contribution >= 4 is 5.97 Å². The SMILES string of the molecule is C[C@@H](O)OC1(C(=O)O)CCCCC1. The van der Waals surface area contributed by atoms with Crippen molar-refractivity contribution in [1.82, 2.24) is 0 Å². The maximum absolute atomic E-state index is 11.0. The average Bonchev–Trinajstić information content (AvgIpc) is 2.04. The summed E-state index contributed by atoms with van der Waals surface area (Å²) in [5.41, 5.74) is -1.13. The molecular formula is C9H16O4. The molecule has 0 bridgehead atoms. The van der Waals surface area contributed by atoms with E-state index in [2.05, 4.69) is 0 Å². The molecule has 0 aliphatic heterocycles. The first-order valence-corrected chi connectivity index (χ1v) is 4.66. The lowest BCUT2D eigenvalue weighted by Crippen LogP contribution is -2.45. The number of aliphatic hydroxyl groups is 1. The maximum atomic E-state index is 11.0. The van der Waals surface area contributed by atoms with E-state index in [9.17, 15) is 4.79 Å². The van der Waals surface area contributed by atoms with Gasteiger partial charge in [0.25, 0.3) is 0 Å². The highest BCUT2D eigenvalue weighted by molar-refractivity contribution is 5.77. The van der Waals surface area contributed by atoms with E-state index in [1.54, 1.807) is 0 Å². The third-order valence-electron chi connectivity index (χ3n) is 2.45. The van der Waals surface area contributed by atoms with Crippen LogP contribution in [0.3, 0.4) is 0 Å². The van der Waals surface area contributed by atoms with Crippen LogP contribution in [0.4, 0.5) is 0 Å². The lowest BCUT2D eigenvalue weighted by molar-refractivity contribution is -0.208. The second kappa shape index (κ2) is 4.07. The zero-order valence-corrected chi connectivity index (χ0v) is 7.82. The number of carboxylic acid groups (broad SMARTS) is 1. The smallest absolute Gasteiger partial charge is 0.336 e. The van der Waals surface area contributed by atoms with E-state index in [0.717, 1.165) is 19.3 Å². The molecule has 0 unspecified atom stereocenters. The Morgan fingerprint density at radius 3 is 2.31 bits per heavy atom. The van der Waals surface area contributed by atoms with Gasteiger partial charge in [-0.25, -0.2) is 4.79 Å². The highest BCUT2D eigenvalue weighted by atomic mass is 16.6. The van der Waals surface area contributed by atoms with Gasteiger partial charge in [-0.3, -0.25) is 0 Å². The number of aliphatic carboxylic acids is 1. The van der Waals surface area contributed by atoms with Gasteiger partial charge in [-0.15, -0.1) is 0 Å². The maximum Gasteiger partial charge on any atom is 0.336 e. The van der Waals surface area contributed by atoms with Gasteiger partial charge in [0.15, 0.2) is 11.9 Å². The summed E-state index contributed by atoms with van der Waals surface area (Å²) in [6, 6.07) is 0. The molecule has 0 amide bonds. The standard InChI is InChI=1S/C9H16O4/c1-7(10)13-9(8(11)12)5-3-2-4-6-9/h7,10H,2-6H2,1H3,(H,11,12)/t7-/m0/s1. The highest BCUT2D eigenvalue weighted by Crippen LogP contribution is 2.32. The van der Waals surface area contributed by atoms with Crippen LogP contribution in [0.5, 0.6) is 0 Å². The Kier molecular flexibility index (Phi) is 3.27. The van der Waals surface area contributed by atoms with E-state index >= 15 is 0 Å². The molecule has 1 aliphatic rings. The number of aliphatic hydroxyl groups excluding tert-OH is 1. The molecule has 2 N–H and O–H groups in total. The minimum absolute atomic E-state index is 0.507. The summed E-state index contributed by atoms with van der Waals surface area (Å²) in [4.78, 5) is 11.0. The molecule has 13 heavy (non-hydrogen) atoms. The molecule has 0 aromatic carbocycles. The second-order valence-corrected chi connectivity index (χ2v) is 3.58. The molecule has 0 saturated heterocycles. The fourth-order valence-electron chi connectivity index (χ4n) is 1.83. The molecule has 0 heterocycles. The third-order valence-corrected chi connectivity index (χ3v) is 2.45. The molecule has 1 rings (SSSR count). The molecule has 1 fully saturated rings. The quantitative estimate of drug-likeness (QED) is 0.651. The number of carboxylic acids is 1. The van der Waals surface area contributed by atoms with Gasteiger partial charge in [0.2, 0.25) is 0 Å². The number of hydrogen-bond donors (Lipinski definition) is 2. The van der Waals surface area contributed by atoms with Crippen molar-refractivity contribution in [1.29, 1.82) is 0 Å². The van der Waals surface area contributed by atoms with Crippen LogP contribution in [0.15, 0.2) is 0 Å². The fraction of sp³-hybridized carbons (Fsp3) is 0.889. The third kappa shape index (κ3) is 2.42. The van der Waals surface area contributed by atoms with E-state index < -0.39 is 17.9 Å². The van der Waals surface area contributed by atoms with Crippen LogP contribution < -0.4 is 0 Å². The normalized spacial score (nSPS) is 23.8. The lowest BCUT2D eigenvalue weighted by atomic mass is 9.84. The molecule has 1 saturated carbocycles. The van der Waals surface area contributed by atoms with Crippen molar-refractivity contribution in [2.75, 3.05) is 0 Å². The summed E-state index contributed by atoms with van der Waals surface area (Å²) in [6.07, 6.45) is 2.78. The predicted octanol–water partition coefficient (Wildman–Crippen LogP) is 1.13. The molecule has 4 nitrogen and oxygen atoms in total. The van der Waals surface area contributed by atoms with Gasteiger partial charge in [0.1, 0.15) is 0 Å². The zero-order valence-electron chi connectivity index (χ0n) is 7.82. The molecule has 0 aromatic heterocycles.